The fourth-order valence-corrected chi connectivity index (χ4v) is 0.342. The Hall–Kier alpha value is -0.630. The van der Waals surface area contributed by atoms with Crippen LogP contribution in [0.5, 0.6) is 0 Å². The number of ketones is 1. The number of allylic oxidation sites excluding steroid dienone is 1. The Morgan fingerprint density at radius 1 is 1.75 bits per heavy atom. The monoisotopic (exact) mass is 114 g/mol. The van der Waals surface area contributed by atoms with Crippen molar-refractivity contribution in [3.05, 3.63) is 12.7 Å². The van der Waals surface area contributed by atoms with Crippen LogP contribution in [-0.2, 0) is 4.79 Å². The minimum Gasteiger partial charge on any atom is -0.389 e. The number of hydrogen-bond donors (Lipinski definition) is 1. The van der Waals surface area contributed by atoms with Gasteiger partial charge in [-0.1, -0.05) is 6.08 Å². The number of Topliss-reactive ketones (excluding diaryl/α,β-unsaturated/α-hetero) is 1. The third-order valence-electron chi connectivity index (χ3n) is 0.804. The van der Waals surface area contributed by atoms with Gasteiger partial charge in [-0.15, -0.1) is 6.58 Å². The van der Waals surface area contributed by atoms with E-state index in [1.165, 1.54) is 0 Å². The SMILES string of the molecule is C=CCCC(=O)CO. The van der Waals surface area contributed by atoms with Crippen molar-refractivity contribution in [2.75, 3.05) is 6.61 Å². The molecule has 0 aliphatic rings. The van der Waals surface area contributed by atoms with E-state index in [0.717, 1.165) is 0 Å². The van der Waals surface area contributed by atoms with Crippen LogP contribution in [0.4, 0.5) is 0 Å². The van der Waals surface area contributed by atoms with Crippen molar-refractivity contribution in [3.8, 4) is 0 Å². The van der Waals surface area contributed by atoms with Crippen LogP contribution in [0.2, 0.25) is 0 Å². The Bertz CT molecular complexity index is 86.5. The van der Waals surface area contributed by atoms with Crippen molar-refractivity contribution >= 4 is 5.78 Å². The molecule has 0 unspecified atom stereocenters. The number of aliphatic hydroxyl groups excluding tert-OH is 1. The average molecular weight is 114 g/mol. The summed E-state index contributed by atoms with van der Waals surface area (Å²) in [6.45, 7) is 3.09. The van der Waals surface area contributed by atoms with Gasteiger partial charge in [-0.25, -0.2) is 0 Å². The topological polar surface area (TPSA) is 37.3 Å². The van der Waals surface area contributed by atoms with Gasteiger partial charge in [-0.05, 0) is 6.42 Å². The van der Waals surface area contributed by atoms with Gasteiger partial charge >= 0.3 is 0 Å². The number of hydrogen-bond acceptors (Lipinski definition) is 2. The van der Waals surface area contributed by atoms with E-state index in [1.807, 2.05) is 0 Å². The standard InChI is InChI=1S/C6H10O2/c1-2-3-4-6(8)5-7/h2,7H,1,3-5H2. The molecular formula is C6H10O2. The maximum Gasteiger partial charge on any atom is 0.158 e. The molecule has 2 heteroatoms. The third-order valence-corrected chi connectivity index (χ3v) is 0.804. The van der Waals surface area contributed by atoms with Crippen LogP contribution in [-0.4, -0.2) is 17.5 Å². The lowest BCUT2D eigenvalue weighted by molar-refractivity contribution is -0.121. The van der Waals surface area contributed by atoms with E-state index >= 15 is 0 Å². The first kappa shape index (κ1) is 7.37. The molecule has 0 saturated carbocycles. The van der Waals surface area contributed by atoms with Crippen molar-refractivity contribution in [1.82, 2.24) is 0 Å². The van der Waals surface area contributed by atoms with Gasteiger partial charge in [0.2, 0.25) is 0 Å². The summed E-state index contributed by atoms with van der Waals surface area (Å²) < 4.78 is 0. The highest BCUT2D eigenvalue weighted by atomic mass is 16.3. The number of rotatable bonds is 4. The first-order valence-electron chi connectivity index (χ1n) is 2.54. The minimum atomic E-state index is -0.339. The average Bonchev–Trinajstić information content (AvgIpc) is 1.83. The summed E-state index contributed by atoms with van der Waals surface area (Å²) in [5, 5.41) is 8.18. The zero-order valence-electron chi connectivity index (χ0n) is 4.76. The molecule has 8 heavy (non-hydrogen) atoms. The van der Waals surface area contributed by atoms with E-state index in [2.05, 4.69) is 6.58 Å². The molecule has 0 aromatic heterocycles. The minimum absolute atomic E-state index is 0.120. The van der Waals surface area contributed by atoms with E-state index in [1.54, 1.807) is 6.08 Å². The van der Waals surface area contributed by atoms with Gasteiger partial charge in [0.1, 0.15) is 6.61 Å². The molecule has 0 aliphatic carbocycles. The van der Waals surface area contributed by atoms with Crippen LogP contribution in [0.15, 0.2) is 12.7 Å². The summed E-state index contributed by atoms with van der Waals surface area (Å²) in [5.41, 5.74) is 0. The lowest BCUT2D eigenvalue weighted by Crippen LogP contribution is -2.01. The van der Waals surface area contributed by atoms with Gasteiger partial charge in [0.25, 0.3) is 0 Å². The molecule has 0 heterocycles. The Balaban J connectivity index is 3.11. The van der Waals surface area contributed by atoms with Gasteiger partial charge in [0.05, 0.1) is 0 Å². The number of aliphatic hydroxyl groups is 1. The molecule has 0 aromatic rings. The summed E-state index contributed by atoms with van der Waals surface area (Å²) >= 11 is 0. The second-order valence-corrected chi connectivity index (χ2v) is 1.52. The fraction of sp³-hybridized carbons (Fsp3) is 0.500. The third kappa shape index (κ3) is 3.56. The highest BCUT2D eigenvalue weighted by Crippen LogP contribution is 1.88. The lowest BCUT2D eigenvalue weighted by Gasteiger charge is -1.88. The summed E-state index contributed by atoms with van der Waals surface area (Å²) in [7, 11) is 0. The first-order chi connectivity index (χ1) is 3.81. The van der Waals surface area contributed by atoms with Crippen LogP contribution in [0, 0.1) is 0 Å². The van der Waals surface area contributed by atoms with E-state index in [0.29, 0.717) is 12.8 Å². The fourth-order valence-electron chi connectivity index (χ4n) is 0.342. The van der Waals surface area contributed by atoms with E-state index in [-0.39, 0.29) is 12.4 Å². The van der Waals surface area contributed by atoms with E-state index < -0.39 is 0 Å². The second-order valence-electron chi connectivity index (χ2n) is 1.52. The smallest absolute Gasteiger partial charge is 0.158 e. The molecule has 0 rings (SSSR count). The second kappa shape index (κ2) is 4.53. The number of carbonyl (C=O) groups is 1. The molecule has 0 atom stereocenters. The van der Waals surface area contributed by atoms with Crippen LogP contribution >= 0.6 is 0 Å². The number of carbonyl (C=O) groups excluding carboxylic acids is 1. The molecule has 0 radical (unpaired) electrons. The van der Waals surface area contributed by atoms with E-state index in [4.69, 9.17) is 5.11 Å². The molecule has 1 N–H and O–H groups in total. The van der Waals surface area contributed by atoms with Crippen LogP contribution in [0.25, 0.3) is 0 Å². The van der Waals surface area contributed by atoms with Crippen molar-refractivity contribution in [3.63, 3.8) is 0 Å². The van der Waals surface area contributed by atoms with Gasteiger partial charge in [0.15, 0.2) is 5.78 Å². The zero-order chi connectivity index (χ0) is 6.41. The normalized spacial score (nSPS) is 8.62. The van der Waals surface area contributed by atoms with E-state index in [9.17, 15) is 4.79 Å². The largest absolute Gasteiger partial charge is 0.389 e. The molecule has 0 fully saturated rings. The molecule has 0 amide bonds. The maximum atomic E-state index is 10.3. The first-order valence-corrected chi connectivity index (χ1v) is 2.54. The van der Waals surface area contributed by atoms with Crippen LogP contribution < -0.4 is 0 Å². The van der Waals surface area contributed by atoms with Gasteiger partial charge in [-0.3, -0.25) is 4.79 Å². The molecule has 46 valence electrons. The van der Waals surface area contributed by atoms with Crippen molar-refractivity contribution in [2.45, 2.75) is 12.8 Å². The highest BCUT2D eigenvalue weighted by molar-refractivity contribution is 5.79. The highest BCUT2D eigenvalue weighted by Gasteiger charge is 1.93. The van der Waals surface area contributed by atoms with Crippen LogP contribution in [0.1, 0.15) is 12.8 Å². The predicted octanol–water partition coefficient (Wildman–Crippen LogP) is 0.514. The van der Waals surface area contributed by atoms with Gasteiger partial charge in [0, 0.05) is 6.42 Å². The summed E-state index contributed by atoms with van der Waals surface area (Å²) in [4.78, 5) is 10.3. The Morgan fingerprint density at radius 3 is 2.75 bits per heavy atom. The summed E-state index contributed by atoms with van der Waals surface area (Å²) in [5.74, 6) is -0.120. The van der Waals surface area contributed by atoms with Crippen molar-refractivity contribution < 1.29 is 9.90 Å². The molecule has 2 nitrogen and oxygen atoms in total. The Labute approximate surface area is 48.8 Å². The molecule has 0 bridgehead atoms. The maximum absolute atomic E-state index is 10.3. The summed E-state index contributed by atoms with van der Waals surface area (Å²) in [6.07, 6.45) is 2.74. The Kier molecular flexibility index (Phi) is 4.17. The molecule has 0 spiro atoms. The quantitative estimate of drug-likeness (QED) is 0.541. The zero-order valence-corrected chi connectivity index (χ0v) is 4.76. The predicted molar refractivity (Wildman–Crippen MR) is 31.5 cm³/mol. The molecule has 0 saturated heterocycles. The molecule has 0 aromatic carbocycles. The van der Waals surface area contributed by atoms with Crippen LogP contribution in [0.3, 0.4) is 0 Å². The molecular weight excluding hydrogens is 104 g/mol. The van der Waals surface area contributed by atoms with Gasteiger partial charge in [-0.2, -0.15) is 0 Å². The Morgan fingerprint density at radius 2 is 2.38 bits per heavy atom. The lowest BCUT2D eigenvalue weighted by atomic mass is 10.2. The van der Waals surface area contributed by atoms with Crippen molar-refractivity contribution in [1.29, 1.82) is 0 Å². The van der Waals surface area contributed by atoms with Crippen molar-refractivity contribution in [2.24, 2.45) is 0 Å². The van der Waals surface area contributed by atoms with Gasteiger partial charge < -0.3 is 5.11 Å². The molecule has 0 aliphatic heterocycles. The summed E-state index contributed by atoms with van der Waals surface area (Å²) in [6, 6.07) is 0.